The van der Waals surface area contributed by atoms with E-state index in [1.165, 1.54) is 0 Å². The molecule has 0 saturated carbocycles. The predicted molar refractivity (Wildman–Crippen MR) is 99.0 cm³/mol. The molecular weight excluding hydrogens is 348 g/mol. The molecule has 3 rings (SSSR count). The maximum atomic E-state index is 12.3. The van der Waals surface area contributed by atoms with Gasteiger partial charge in [0.1, 0.15) is 0 Å². The summed E-state index contributed by atoms with van der Waals surface area (Å²) in [4.78, 5) is 24.4. The molecule has 2 aromatic rings. The molecule has 27 heavy (non-hydrogen) atoms. The number of rotatable bonds is 6. The van der Waals surface area contributed by atoms with Gasteiger partial charge in [0.05, 0.1) is 11.6 Å². The Morgan fingerprint density at radius 2 is 1.96 bits per heavy atom. The second-order valence-electron chi connectivity index (χ2n) is 6.51. The summed E-state index contributed by atoms with van der Waals surface area (Å²) in [6.07, 6.45) is 0. The number of amides is 1. The summed E-state index contributed by atoms with van der Waals surface area (Å²) >= 11 is 0. The number of carbonyl (C=O) groups excluding carboxylic acids is 2. The smallest absolute Gasteiger partial charge is 0.340 e. The van der Waals surface area contributed by atoms with Crippen molar-refractivity contribution in [3.63, 3.8) is 0 Å². The first-order valence-electron chi connectivity index (χ1n) is 8.93. The highest BCUT2D eigenvalue weighted by atomic mass is 16.7. The van der Waals surface area contributed by atoms with Gasteiger partial charge in [-0.05, 0) is 51.5 Å². The van der Waals surface area contributed by atoms with Crippen LogP contribution in [0, 0.1) is 13.8 Å². The minimum Gasteiger partial charge on any atom is -0.454 e. The van der Waals surface area contributed by atoms with Gasteiger partial charge in [0, 0.05) is 17.9 Å². The number of hydrogen-bond acceptors (Lipinski definition) is 5. The fourth-order valence-corrected chi connectivity index (χ4v) is 3.25. The zero-order valence-electron chi connectivity index (χ0n) is 16.0. The highest BCUT2D eigenvalue weighted by Gasteiger charge is 2.19. The Hall–Kier alpha value is -2.96. The van der Waals surface area contributed by atoms with Gasteiger partial charge >= 0.3 is 5.97 Å². The molecule has 1 amide bonds. The molecule has 1 atom stereocenters. The van der Waals surface area contributed by atoms with E-state index in [2.05, 4.69) is 5.32 Å². The van der Waals surface area contributed by atoms with Gasteiger partial charge in [-0.3, -0.25) is 4.79 Å². The lowest BCUT2D eigenvalue weighted by atomic mass is 10.1. The van der Waals surface area contributed by atoms with Gasteiger partial charge in [-0.25, -0.2) is 4.79 Å². The number of nitrogens with zero attached hydrogens (tertiary/aromatic N) is 1. The molecule has 0 saturated heterocycles. The molecule has 1 N–H and O–H groups in total. The van der Waals surface area contributed by atoms with Gasteiger partial charge in [-0.15, -0.1) is 0 Å². The van der Waals surface area contributed by atoms with Crippen LogP contribution in [0.3, 0.4) is 0 Å². The number of aromatic nitrogens is 1. The number of fused-ring (bicyclic) bond motifs is 1. The number of aryl methyl sites for hydroxylation is 1. The van der Waals surface area contributed by atoms with E-state index in [1.807, 2.05) is 50.5 Å². The van der Waals surface area contributed by atoms with Crippen LogP contribution in [0.2, 0.25) is 0 Å². The molecule has 0 bridgehead atoms. The Balaban J connectivity index is 1.55. The Morgan fingerprint density at radius 1 is 1.22 bits per heavy atom. The van der Waals surface area contributed by atoms with Crippen molar-refractivity contribution < 1.29 is 23.8 Å². The van der Waals surface area contributed by atoms with E-state index in [1.54, 1.807) is 6.07 Å². The molecular formula is C20H24N2O5. The van der Waals surface area contributed by atoms with Crippen LogP contribution < -0.4 is 14.8 Å². The highest BCUT2D eigenvalue weighted by molar-refractivity contribution is 5.92. The standard InChI is InChI=1S/C20H24N2O5/c1-5-22-12(2)8-16(14(22)4)20(24)25-10-19(23)21-13(3)15-6-7-17-18(9-15)27-11-26-17/h6-9,13H,5,10-11H2,1-4H3,(H,21,23)/t13-/m0/s1. The molecule has 1 aliphatic heterocycles. The largest absolute Gasteiger partial charge is 0.454 e. The topological polar surface area (TPSA) is 78.8 Å². The van der Waals surface area contributed by atoms with Gasteiger partial charge in [-0.2, -0.15) is 0 Å². The monoisotopic (exact) mass is 372 g/mol. The first-order valence-corrected chi connectivity index (χ1v) is 8.93. The quantitative estimate of drug-likeness (QED) is 0.789. The van der Waals surface area contributed by atoms with Crippen LogP contribution in [-0.4, -0.2) is 29.8 Å². The maximum Gasteiger partial charge on any atom is 0.340 e. The van der Waals surface area contributed by atoms with E-state index in [0.29, 0.717) is 17.1 Å². The van der Waals surface area contributed by atoms with E-state index >= 15 is 0 Å². The van der Waals surface area contributed by atoms with Crippen molar-refractivity contribution in [2.75, 3.05) is 13.4 Å². The van der Waals surface area contributed by atoms with Crippen molar-refractivity contribution in [2.24, 2.45) is 0 Å². The van der Waals surface area contributed by atoms with Crippen molar-refractivity contribution in [2.45, 2.75) is 40.3 Å². The summed E-state index contributed by atoms with van der Waals surface area (Å²) in [6, 6.07) is 7.04. The molecule has 2 heterocycles. The van der Waals surface area contributed by atoms with Crippen LogP contribution in [0.15, 0.2) is 24.3 Å². The Morgan fingerprint density at radius 3 is 2.67 bits per heavy atom. The summed E-state index contributed by atoms with van der Waals surface area (Å²) in [5.41, 5.74) is 3.20. The maximum absolute atomic E-state index is 12.3. The Kier molecular flexibility index (Phi) is 5.39. The van der Waals surface area contributed by atoms with Crippen LogP contribution in [0.25, 0.3) is 0 Å². The molecule has 1 aromatic heterocycles. The van der Waals surface area contributed by atoms with Crippen molar-refractivity contribution in [1.29, 1.82) is 0 Å². The van der Waals surface area contributed by atoms with E-state index in [-0.39, 0.29) is 25.3 Å². The third kappa shape index (κ3) is 3.92. The van der Waals surface area contributed by atoms with Crippen molar-refractivity contribution in [3.8, 4) is 11.5 Å². The summed E-state index contributed by atoms with van der Waals surface area (Å²) < 4.78 is 17.8. The van der Waals surface area contributed by atoms with Crippen molar-refractivity contribution in [3.05, 3.63) is 46.8 Å². The van der Waals surface area contributed by atoms with Gasteiger partial charge in [0.2, 0.25) is 6.79 Å². The van der Waals surface area contributed by atoms with Gasteiger partial charge in [0.25, 0.3) is 5.91 Å². The zero-order chi connectivity index (χ0) is 19.6. The number of benzene rings is 1. The predicted octanol–water partition coefficient (Wildman–Crippen LogP) is 2.89. The van der Waals surface area contributed by atoms with E-state index < -0.39 is 5.97 Å². The minimum absolute atomic E-state index is 0.203. The molecule has 0 unspecified atom stereocenters. The first kappa shape index (κ1) is 18.8. The zero-order valence-corrected chi connectivity index (χ0v) is 16.0. The fraction of sp³-hybridized carbons (Fsp3) is 0.400. The summed E-state index contributed by atoms with van der Waals surface area (Å²) in [5.74, 6) is 0.494. The Labute approximate surface area is 158 Å². The lowest BCUT2D eigenvalue weighted by Crippen LogP contribution is -2.31. The number of hydrogen-bond donors (Lipinski definition) is 1. The normalized spacial score (nSPS) is 13.3. The average molecular weight is 372 g/mol. The van der Waals surface area contributed by atoms with Gasteiger partial charge in [0.15, 0.2) is 18.1 Å². The fourth-order valence-electron chi connectivity index (χ4n) is 3.25. The van der Waals surface area contributed by atoms with Crippen molar-refractivity contribution >= 4 is 11.9 Å². The van der Waals surface area contributed by atoms with Crippen LogP contribution in [-0.2, 0) is 16.1 Å². The van der Waals surface area contributed by atoms with Crippen molar-refractivity contribution in [1.82, 2.24) is 9.88 Å². The number of nitrogens with one attached hydrogen (secondary N) is 1. The van der Waals surface area contributed by atoms with Crippen LogP contribution in [0.1, 0.15) is 47.2 Å². The lowest BCUT2D eigenvalue weighted by Gasteiger charge is -2.15. The third-order valence-corrected chi connectivity index (χ3v) is 4.72. The third-order valence-electron chi connectivity index (χ3n) is 4.72. The molecule has 1 aliphatic rings. The second kappa shape index (κ2) is 7.73. The molecule has 0 radical (unpaired) electrons. The number of esters is 1. The molecule has 0 aliphatic carbocycles. The summed E-state index contributed by atoms with van der Waals surface area (Å²) in [7, 11) is 0. The SMILES string of the molecule is CCn1c(C)cc(C(=O)OCC(=O)N[C@@H](C)c2ccc3c(c2)OCO3)c1C. The van der Waals surface area contributed by atoms with Crippen LogP contribution in [0.5, 0.6) is 11.5 Å². The first-order chi connectivity index (χ1) is 12.9. The average Bonchev–Trinajstić information content (AvgIpc) is 3.22. The van der Waals surface area contributed by atoms with Crippen LogP contribution >= 0.6 is 0 Å². The number of ether oxygens (including phenoxy) is 3. The Bertz CT molecular complexity index is 871. The van der Waals surface area contributed by atoms with Crippen LogP contribution in [0.4, 0.5) is 0 Å². The summed E-state index contributed by atoms with van der Waals surface area (Å²) in [5, 5.41) is 2.82. The number of carbonyl (C=O) groups is 2. The molecule has 1 aromatic carbocycles. The van der Waals surface area contributed by atoms with E-state index in [0.717, 1.165) is 23.5 Å². The molecule has 7 heteroatoms. The summed E-state index contributed by atoms with van der Waals surface area (Å²) in [6.45, 7) is 8.32. The van der Waals surface area contributed by atoms with Gasteiger partial charge in [-0.1, -0.05) is 6.07 Å². The molecule has 0 fully saturated rings. The molecule has 0 spiro atoms. The molecule has 144 valence electrons. The molecule has 7 nitrogen and oxygen atoms in total. The second-order valence-corrected chi connectivity index (χ2v) is 6.51. The van der Waals surface area contributed by atoms with E-state index in [9.17, 15) is 9.59 Å². The lowest BCUT2D eigenvalue weighted by molar-refractivity contribution is -0.124. The minimum atomic E-state index is -0.492. The van der Waals surface area contributed by atoms with E-state index in [4.69, 9.17) is 14.2 Å². The van der Waals surface area contributed by atoms with Gasteiger partial charge < -0.3 is 24.1 Å². The highest BCUT2D eigenvalue weighted by Crippen LogP contribution is 2.34.